The third-order valence-corrected chi connectivity index (χ3v) is 5.42. The Morgan fingerprint density at radius 1 is 1.10 bits per heavy atom. The normalized spacial score (nSPS) is 16.1. The second kappa shape index (κ2) is 10.2. The number of hydrogen-bond donors (Lipinski definition) is 0. The minimum atomic E-state index is -0.438. The molecule has 0 radical (unpaired) electrons. The fourth-order valence-electron chi connectivity index (χ4n) is 2.89. The Bertz CT molecular complexity index is 1050. The molecule has 1 heterocycles. The first-order valence-electron chi connectivity index (χ1n) is 9.81. The number of carbonyl (C=O) groups excluding carboxylic acids is 2. The number of esters is 1. The van der Waals surface area contributed by atoms with Gasteiger partial charge in [0, 0.05) is 7.05 Å². The van der Waals surface area contributed by atoms with Gasteiger partial charge in [-0.2, -0.15) is 0 Å². The molecule has 1 aliphatic rings. The van der Waals surface area contributed by atoms with Crippen molar-refractivity contribution in [3.8, 4) is 11.5 Å². The molecule has 0 N–H and O–H groups in total. The van der Waals surface area contributed by atoms with Crippen LogP contribution in [0.3, 0.4) is 0 Å². The Morgan fingerprint density at radius 3 is 2.55 bits per heavy atom. The van der Waals surface area contributed by atoms with Gasteiger partial charge in [-0.05, 0) is 67.6 Å². The van der Waals surface area contributed by atoms with Crippen molar-refractivity contribution in [1.82, 2.24) is 4.90 Å². The van der Waals surface area contributed by atoms with E-state index in [1.165, 1.54) is 23.8 Å². The molecule has 162 valence electrons. The van der Waals surface area contributed by atoms with Gasteiger partial charge in [0.15, 0.2) is 16.7 Å². The zero-order chi connectivity index (χ0) is 22.4. The Balaban J connectivity index is 1.88. The van der Waals surface area contributed by atoms with Crippen LogP contribution in [0.4, 0.5) is 5.69 Å². The molecule has 0 aliphatic carbocycles. The van der Waals surface area contributed by atoms with E-state index in [-0.39, 0.29) is 5.91 Å². The van der Waals surface area contributed by atoms with Crippen molar-refractivity contribution in [3.05, 3.63) is 58.5 Å². The Kier molecular flexibility index (Phi) is 7.36. The molecule has 0 saturated carbocycles. The molecule has 7 nitrogen and oxygen atoms in total. The molecule has 2 aromatic rings. The molecule has 0 unspecified atom stereocenters. The summed E-state index contributed by atoms with van der Waals surface area (Å²) in [6.45, 7) is 4.87. The molecule has 0 aromatic heterocycles. The van der Waals surface area contributed by atoms with Gasteiger partial charge in [-0.1, -0.05) is 12.1 Å². The molecule has 0 bridgehead atoms. The van der Waals surface area contributed by atoms with Crippen molar-refractivity contribution < 1.29 is 23.8 Å². The van der Waals surface area contributed by atoms with E-state index >= 15 is 0 Å². The molecule has 31 heavy (non-hydrogen) atoms. The summed E-state index contributed by atoms with van der Waals surface area (Å²) in [5, 5.41) is 0.522. The predicted molar refractivity (Wildman–Crippen MR) is 122 cm³/mol. The lowest BCUT2D eigenvalue weighted by molar-refractivity contribution is -0.121. The summed E-state index contributed by atoms with van der Waals surface area (Å²) in [7, 11) is 3.00. The van der Waals surface area contributed by atoms with E-state index in [1.54, 1.807) is 37.4 Å². The topological polar surface area (TPSA) is 77.4 Å². The number of rotatable bonds is 7. The van der Waals surface area contributed by atoms with Crippen LogP contribution in [0.25, 0.3) is 6.08 Å². The van der Waals surface area contributed by atoms with Crippen molar-refractivity contribution >= 4 is 40.6 Å². The number of ether oxygens (including phenoxy) is 3. The molecule has 0 spiro atoms. The molecule has 1 saturated heterocycles. The second-order valence-electron chi connectivity index (χ2n) is 6.48. The van der Waals surface area contributed by atoms with Gasteiger partial charge in [0.25, 0.3) is 5.91 Å². The highest BCUT2D eigenvalue weighted by Crippen LogP contribution is 2.35. The second-order valence-corrected chi connectivity index (χ2v) is 7.49. The molecule has 0 atom stereocenters. The third-order valence-electron chi connectivity index (χ3n) is 4.36. The summed E-state index contributed by atoms with van der Waals surface area (Å²) in [6.07, 6.45) is 1.80. The highest BCUT2D eigenvalue weighted by Gasteiger charge is 2.30. The summed E-state index contributed by atoms with van der Waals surface area (Å²) in [4.78, 5) is 31.0. The Hall–Kier alpha value is -3.26. The van der Waals surface area contributed by atoms with E-state index in [9.17, 15) is 9.59 Å². The van der Waals surface area contributed by atoms with Gasteiger partial charge in [0.2, 0.25) is 0 Å². The summed E-state index contributed by atoms with van der Waals surface area (Å²) < 4.78 is 16.0. The molecule has 1 amide bonds. The lowest BCUT2D eigenvalue weighted by Crippen LogP contribution is -2.23. The van der Waals surface area contributed by atoms with Crippen LogP contribution in [0, 0.1) is 0 Å². The van der Waals surface area contributed by atoms with Crippen LogP contribution in [0.1, 0.15) is 29.8 Å². The van der Waals surface area contributed by atoms with E-state index in [0.29, 0.717) is 46.0 Å². The number of methoxy groups -OCH3 is 1. The number of hydrogen-bond acceptors (Lipinski definition) is 7. The largest absolute Gasteiger partial charge is 0.490 e. The van der Waals surface area contributed by atoms with Crippen molar-refractivity contribution in [1.29, 1.82) is 0 Å². The maximum atomic E-state index is 12.7. The van der Waals surface area contributed by atoms with Crippen LogP contribution < -0.4 is 9.47 Å². The Morgan fingerprint density at radius 2 is 1.84 bits per heavy atom. The average molecular weight is 441 g/mol. The molecule has 8 heteroatoms. The van der Waals surface area contributed by atoms with E-state index in [4.69, 9.17) is 14.2 Å². The van der Waals surface area contributed by atoms with E-state index in [2.05, 4.69) is 4.99 Å². The first-order valence-corrected chi connectivity index (χ1v) is 10.6. The average Bonchev–Trinajstić information content (AvgIpc) is 3.03. The third kappa shape index (κ3) is 5.27. The maximum Gasteiger partial charge on any atom is 0.337 e. The highest BCUT2D eigenvalue weighted by atomic mass is 32.2. The van der Waals surface area contributed by atoms with Gasteiger partial charge >= 0.3 is 5.97 Å². The molecule has 3 rings (SSSR count). The minimum absolute atomic E-state index is 0.153. The first kappa shape index (κ1) is 22.4. The van der Waals surface area contributed by atoms with Crippen LogP contribution in [-0.4, -0.2) is 49.3 Å². The van der Waals surface area contributed by atoms with Crippen LogP contribution in [0.5, 0.6) is 11.5 Å². The number of nitrogens with zero attached hydrogens (tertiary/aromatic N) is 2. The molecule has 1 aliphatic heterocycles. The van der Waals surface area contributed by atoms with E-state index < -0.39 is 5.97 Å². The lowest BCUT2D eigenvalue weighted by atomic mass is 10.2. The number of amides is 1. The van der Waals surface area contributed by atoms with Gasteiger partial charge in [-0.3, -0.25) is 9.69 Å². The monoisotopic (exact) mass is 440 g/mol. The number of aliphatic imine (C=N–C) groups is 1. The van der Waals surface area contributed by atoms with Gasteiger partial charge in [0.05, 0.1) is 36.5 Å². The predicted octanol–water partition coefficient (Wildman–Crippen LogP) is 4.50. The zero-order valence-electron chi connectivity index (χ0n) is 17.9. The highest BCUT2D eigenvalue weighted by molar-refractivity contribution is 8.18. The van der Waals surface area contributed by atoms with Crippen LogP contribution >= 0.6 is 11.8 Å². The van der Waals surface area contributed by atoms with Gasteiger partial charge in [0.1, 0.15) is 0 Å². The van der Waals surface area contributed by atoms with Crippen molar-refractivity contribution in [2.45, 2.75) is 13.8 Å². The van der Waals surface area contributed by atoms with Crippen LogP contribution in [-0.2, 0) is 9.53 Å². The smallest absolute Gasteiger partial charge is 0.337 e. The standard InChI is InChI=1S/C23H24N2O5S/c1-5-29-18-11-10-15(12-19(18)30-6-2)13-20-21(26)25(3)23(31-20)24-17-9-7-8-16(14-17)22(27)28-4/h7-14H,5-6H2,1-4H3. The molecular formula is C23H24N2O5S. The minimum Gasteiger partial charge on any atom is -0.490 e. The number of benzene rings is 2. The lowest BCUT2D eigenvalue weighted by Gasteiger charge is -2.11. The molecule has 2 aromatic carbocycles. The maximum absolute atomic E-state index is 12.7. The summed E-state index contributed by atoms with van der Waals surface area (Å²) in [5.41, 5.74) is 1.78. The van der Waals surface area contributed by atoms with Crippen molar-refractivity contribution in [2.24, 2.45) is 4.99 Å². The number of likely N-dealkylation sites (N-methyl/N-ethyl adjacent to an activating group) is 1. The summed E-state index contributed by atoms with van der Waals surface area (Å²) in [5.74, 6) is 0.712. The van der Waals surface area contributed by atoms with E-state index in [1.807, 2.05) is 32.0 Å². The van der Waals surface area contributed by atoms with Gasteiger partial charge in [-0.15, -0.1) is 0 Å². The fourth-order valence-corrected chi connectivity index (χ4v) is 3.88. The summed E-state index contributed by atoms with van der Waals surface area (Å²) in [6, 6.07) is 12.3. The Labute approximate surface area is 185 Å². The quantitative estimate of drug-likeness (QED) is 0.466. The van der Waals surface area contributed by atoms with Crippen LogP contribution in [0.15, 0.2) is 52.4 Å². The molecule has 1 fully saturated rings. The number of carbonyl (C=O) groups is 2. The zero-order valence-corrected chi connectivity index (χ0v) is 18.7. The van der Waals surface area contributed by atoms with Crippen molar-refractivity contribution in [2.75, 3.05) is 27.4 Å². The van der Waals surface area contributed by atoms with Gasteiger partial charge in [-0.25, -0.2) is 9.79 Å². The first-order chi connectivity index (χ1) is 15.0. The fraction of sp³-hybridized carbons (Fsp3) is 0.261. The molecular weight excluding hydrogens is 416 g/mol. The number of thioether (sulfide) groups is 1. The number of amidine groups is 1. The summed E-state index contributed by atoms with van der Waals surface area (Å²) >= 11 is 1.27. The van der Waals surface area contributed by atoms with Crippen molar-refractivity contribution in [3.63, 3.8) is 0 Å². The van der Waals surface area contributed by atoms with Gasteiger partial charge < -0.3 is 14.2 Å². The SMILES string of the molecule is CCOc1ccc(C=C2SC(=Nc3cccc(C(=O)OC)c3)N(C)C2=O)cc1OCC. The van der Waals surface area contributed by atoms with Crippen LogP contribution in [0.2, 0.25) is 0 Å². The van der Waals surface area contributed by atoms with E-state index in [0.717, 1.165) is 5.56 Å².